The third kappa shape index (κ3) is 5.52. The summed E-state index contributed by atoms with van der Waals surface area (Å²) in [6, 6.07) is 21.8. The molecule has 38 heavy (non-hydrogen) atoms. The van der Waals surface area contributed by atoms with Crippen LogP contribution >= 0.6 is 0 Å². The van der Waals surface area contributed by atoms with Crippen LogP contribution in [0.15, 0.2) is 72.8 Å². The van der Waals surface area contributed by atoms with Crippen molar-refractivity contribution in [3.8, 4) is 17.6 Å². The van der Waals surface area contributed by atoms with Crippen molar-refractivity contribution in [2.45, 2.75) is 30.8 Å². The lowest BCUT2D eigenvalue weighted by atomic mass is 9.74. The Bertz CT molecular complexity index is 1320. The Morgan fingerprint density at radius 3 is 2.32 bits per heavy atom. The number of halogens is 1. The van der Waals surface area contributed by atoms with E-state index in [1.54, 1.807) is 30.2 Å². The molecule has 0 aliphatic carbocycles. The Balaban J connectivity index is 1.31. The Morgan fingerprint density at radius 1 is 1.00 bits per heavy atom. The maximum atomic E-state index is 14.1. The van der Waals surface area contributed by atoms with Gasteiger partial charge in [-0.05, 0) is 73.5 Å². The zero-order chi connectivity index (χ0) is 26.5. The van der Waals surface area contributed by atoms with Crippen molar-refractivity contribution >= 4 is 11.7 Å². The standard InChI is InChI=1S/C31H32FN3O3/c1-38-25-16-12-23(13-17-25)9-8-22-10-14-24(15-11-22)30-28-20-34(18-4-5-19-35(28)29(30)21-36)31(37)33-27-7-3-2-6-26(27)32/h2-3,6-7,10-17,28-30,36H,4-5,18-21H2,1H3,(H,33,37)/t28-,29+,30+/m1/s1. The molecule has 2 saturated heterocycles. The maximum Gasteiger partial charge on any atom is 0.321 e. The number of benzene rings is 3. The number of amides is 2. The average molecular weight is 514 g/mol. The van der Waals surface area contributed by atoms with E-state index in [-0.39, 0.29) is 36.3 Å². The average Bonchev–Trinajstić information content (AvgIpc) is 2.93. The Kier molecular flexibility index (Phi) is 7.92. The molecule has 2 fully saturated rings. The van der Waals surface area contributed by atoms with Gasteiger partial charge in [-0.15, -0.1) is 0 Å². The second-order valence-corrected chi connectivity index (χ2v) is 9.74. The molecule has 0 aromatic heterocycles. The number of methoxy groups -OCH3 is 1. The lowest BCUT2D eigenvalue weighted by molar-refractivity contribution is -0.0585. The van der Waals surface area contributed by atoms with Crippen molar-refractivity contribution in [1.29, 1.82) is 0 Å². The minimum absolute atomic E-state index is 0.00538. The number of urea groups is 1. The van der Waals surface area contributed by atoms with E-state index in [9.17, 15) is 14.3 Å². The van der Waals surface area contributed by atoms with Crippen molar-refractivity contribution in [3.63, 3.8) is 0 Å². The summed E-state index contributed by atoms with van der Waals surface area (Å²) in [5.74, 6) is 6.82. The van der Waals surface area contributed by atoms with Crippen molar-refractivity contribution in [3.05, 3.63) is 95.3 Å². The third-order valence-corrected chi connectivity index (χ3v) is 7.51. The van der Waals surface area contributed by atoms with Gasteiger partial charge in [-0.3, -0.25) is 4.90 Å². The molecule has 0 bridgehead atoms. The molecular weight excluding hydrogens is 481 g/mol. The Labute approximate surface area is 223 Å². The molecule has 2 aliphatic rings. The van der Waals surface area contributed by atoms with E-state index in [0.717, 1.165) is 41.8 Å². The van der Waals surface area contributed by atoms with Crippen molar-refractivity contribution < 1.29 is 19.0 Å². The van der Waals surface area contributed by atoms with Crippen LogP contribution in [0.3, 0.4) is 0 Å². The molecule has 2 aliphatic heterocycles. The molecule has 2 N–H and O–H groups in total. The summed E-state index contributed by atoms with van der Waals surface area (Å²) in [6.07, 6.45) is 1.79. The van der Waals surface area contributed by atoms with Gasteiger partial charge in [0.15, 0.2) is 0 Å². The number of anilines is 1. The second-order valence-electron chi connectivity index (χ2n) is 9.74. The first kappa shape index (κ1) is 25.8. The smallest absolute Gasteiger partial charge is 0.321 e. The van der Waals surface area contributed by atoms with Gasteiger partial charge >= 0.3 is 6.03 Å². The number of para-hydroxylation sites is 1. The fourth-order valence-electron chi connectivity index (χ4n) is 5.49. The summed E-state index contributed by atoms with van der Waals surface area (Å²) >= 11 is 0. The number of hydrogen-bond acceptors (Lipinski definition) is 4. The highest BCUT2D eigenvalue weighted by Gasteiger charge is 2.49. The van der Waals surface area contributed by atoms with Gasteiger partial charge in [0.05, 0.1) is 19.4 Å². The predicted molar refractivity (Wildman–Crippen MR) is 146 cm³/mol. The van der Waals surface area contributed by atoms with Crippen LogP contribution in [0.25, 0.3) is 0 Å². The lowest BCUT2D eigenvalue weighted by Crippen LogP contribution is -2.68. The number of carbonyl (C=O) groups is 1. The van der Waals surface area contributed by atoms with Gasteiger partial charge in [-0.25, -0.2) is 9.18 Å². The lowest BCUT2D eigenvalue weighted by Gasteiger charge is -2.57. The fourth-order valence-corrected chi connectivity index (χ4v) is 5.49. The van der Waals surface area contributed by atoms with Gasteiger partial charge in [0.25, 0.3) is 0 Å². The first-order valence-corrected chi connectivity index (χ1v) is 13.0. The van der Waals surface area contributed by atoms with Crippen LogP contribution in [0.4, 0.5) is 14.9 Å². The van der Waals surface area contributed by atoms with Gasteiger partial charge in [0.2, 0.25) is 0 Å². The zero-order valence-corrected chi connectivity index (χ0v) is 21.4. The van der Waals surface area contributed by atoms with E-state index in [1.165, 1.54) is 6.07 Å². The molecular formula is C31H32FN3O3. The van der Waals surface area contributed by atoms with E-state index in [2.05, 4.69) is 34.2 Å². The summed E-state index contributed by atoms with van der Waals surface area (Å²) < 4.78 is 19.3. The maximum absolute atomic E-state index is 14.1. The van der Waals surface area contributed by atoms with Crippen LogP contribution in [0.2, 0.25) is 0 Å². The van der Waals surface area contributed by atoms with Gasteiger partial charge in [0, 0.05) is 42.2 Å². The monoisotopic (exact) mass is 513 g/mol. The molecule has 196 valence electrons. The fraction of sp³-hybridized carbons (Fsp3) is 0.323. The highest BCUT2D eigenvalue weighted by molar-refractivity contribution is 5.89. The van der Waals surface area contributed by atoms with Crippen LogP contribution in [-0.4, -0.2) is 66.4 Å². The summed E-state index contributed by atoms with van der Waals surface area (Å²) in [6.45, 7) is 2.07. The normalized spacial score (nSPS) is 21.1. The van der Waals surface area contributed by atoms with E-state index in [4.69, 9.17) is 4.74 Å². The number of nitrogens with one attached hydrogen (secondary N) is 1. The highest BCUT2D eigenvalue weighted by atomic mass is 19.1. The van der Waals surface area contributed by atoms with Gasteiger partial charge in [-0.1, -0.05) is 36.1 Å². The number of nitrogens with zero attached hydrogens (tertiary/aromatic N) is 2. The number of aliphatic hydroxyl groups excluding tert-OH is 1. The molecule has 3 aromatic rings. The molecule has 0 spiro atoms. The molecule has 0 saturated carbocycles. The largest absolute Gasteiger partial charge is 0.497 e. The second kappa shape index (κ2) is 11.7. The minimum Gasteiger partial charge on any atom is -0.497 e. The number of aliphatic hydroxyl groups is 1. The van der Waals surface area contributed by atoms with E-state index in [0.29, 0.717) is 13.1 Å². The SMILES string of the molecule is COc1ccc(C#Cc2ccc([C@H]3[C@H]4CN(C(=O)Nc5ccccc5F)CCCCN4[C@H]3CO)cc2)cc1. The Hall–Kier alpha value is -3.86. The number of ether oxygens (including phenoxy) is 1. The van der Waals surface area contributed by atoms with Crippen molar-refractivity contribution in [1.82, 2.24) is 9.80 Å². The summed E-state index contributed by atoms with van der Waals surface area (Å²) in [5.41, 5.74) is 3.12. The van der Waals surface area contributed by atoms with Crippen LogP contribution in [0, 0.1) is 17.7 Å². The molecule has 2 amide bonds. The predicted octanol–water partition coefficient (Wildman–Crippen LogP) is 4.69. The molecule has 7 heteroatoms. The van der Waals surface area contributed by atoms with Crippen LogP contribution in [-0.2, 0) is 0 Å². The summed E-state index contributed by atoms with van der Waals surface area (Å²) in [4.78, 5) is 17.2. The molecule has 0 radical (unpaired) electrons. The number of carbonyl (C=O) groups excluding carboxylic acids is 1. The molecule has 5 rings (SSSR count). The van der Waals surface area contributed by atoms with E-state index < -0.39 is 5.82 Å². The molecule has 6 nitrogen and oxygen atoms in total. The highest BCUT2D eigenvalue weighted by Crippen LogP contribution is 2.42. The van der Waals surface area contributed by atoms with Crippen LogP contribution in [0.1, 0.15) is 35.4 Å². The zero-order valence-electron chi connectivity index (χ0n) is 21.4. The van der Waals surface area contributed by atoms with Crippen LogP contribution < -0.4 is 10.1 Å². The van der Waals surface area contributed by atoms with E-state index in [1.807, 2.05) is 36.4 Å². The van der Waals surface area contributed by atoms with Crippen molar-refractivity contribution in [2.24, 2.45) is 0 Å². The minimum atomic E-state index is -0.452. The topological polar surface area (TPSA) is 65.0 Å². The van der Waals surface area contributed by atoms with Crippen LogP contribution in [0.5, 0.6) is 5.75 Å². The van der Waals surface area contributed by atoms with Gasteiger partial charge < -0.3 is 20.1 Å². The first-order valence-electron chi connectivity index (χ1n) is 13.0. The molecule has 3 atom stereocenters. The molecule has 3 aromatic carbocycles. The quantitative estimate of drug-likeness (QED) is 0.497. The number of fused-ring (bicyclic) bond motifs is 1. The molecule has 2 heterocycles. The van der Waals surface area contributed by atoms with Crippen molar-refractivity contribution in [2.75, 3.05) is 38.7 Å². The third-order valence-electron chi connectivity index (χ3n) is 7.51. The van der Waals surface area contributed by atoms with Gasteiger partial charge in [0.1, 0.15) is 11.6 Å². The summed E-state index contributed by atoms with van der Waals surface area (Å²) in [7, 11) is 1.64. The van der Waals surface area contributed by atoms with Gasteiger partial charge in [-0.2, -0.15) is 0 Å². The Morgan fingerprint density at radius 2 is 1.66 bits per heavy atom. The summed E-state index contributed by atoms with van der Waals surface area (Å²) in [5, 5.41) is 12.9. The molecule has 0 unspecified atom stereocenters. The number of hydrogen-bond donors (Lipinski definition) is 2. The number of rotatable bonds is 4. The first-order chi connectivity index (χ1) is 18.6. The van der Waals surface area contributed by atoms with E-state index >= 15 is 0 Å².